The summed E-state index contributed by atoms with van der Waals surface area (Å²) in [5, 5.41) is 4.47. The van der Waals surface area contributed by atoms with Crippen LogP contribution in [0.2, 0.25) is 0 Å². The van der Waals surface area contributed by atoms with Gasteiger partial charge in [-0.1, -0.05) is 37.5 Å². The van der Waals surface area contributed by atoms with Crippen molar-refractivity contribution in [3.63, 3.8) is 0 Å². The highest BCUT2D eigenvalue weighted by Crippen LogP contribution is 2.23. The number of fused-ring (bicyclic) bond motifs is 1. The molecule has 0 bridgehead atoms. The van der Waals surface area contributed by atoms with Gasteiger partial charge < -0.3 is 10.2 Å². The maximum atomic E-state index is 5.83. The Morgan fingerprint density at radius 3 is 2.84 bits per heavy atom. The van der Waals surface area contributed by atoms with E-state index in [2.05, 4.69) is 18.2 Å². The molecule has 0 saturated carbocycles. The largest absolute Gasteiger partial charge is 0.459 e. The summed E-state index contributed by atoms with van der Waals surface area (Å²) in [6.45, 7) is 2.58. The van der Waals surface area contributed by atoms with E-state index < -0.39 is 0 Å². The van der Waals surface area contributed by atoms with Gasteiger partial charge in [0.05, 0.1) is 12.1 Å². The molecule has 2 atom stereocenters. The molecule has 0 spiro atoms. The van der Waals surface area contributed by atoms with E-state index in [1.165, 1.54) is 0 Å². The highest BCUT2D eigenvalue weighted by molar-refractivity contribution is 5.77. The van der Waals surface area contributed by atoms with E-state index in [1.54, 1.807) is 0 Å². The average Bonchev–Trinajstić information content (AvgIpc) is 2.87. The van der Waals surface area contributed by atoms with E-state index in [4.69, 9.17) is 16.6 Å². The van der Waals surface area contributed by atoms with Gasteiger partial charge in [-0.25, -0.2) is 0 Å². The molecular formula is C16H20N2O. The van der Waals surface area contributed by atoms with Gasteiger partial charge in [-0.2, -0.15) is 0 Å². The van der Waals surface area contributed by atoms with Gasteiger partial charge in [-0.15, -0.1) is 6.42 Å². The summed E-state index contributed by atoms with van der Waals surface area (Å²) in [6, 6.07) is 9.96. The summed E-state index contributed by atoms with van der Waals surface area (Å²) in [5.41, 5.74) is 6.71. The van der Waals surface area contributed by atoms with E-state index in [0.29, 0.717) is 6.54 Å². The number of terminal acetylenes is 1. The summed E-state index contributed by atoms with van der Waals surface area (Å²) >= 11 is 0. The zero-order chi connectivity index (χ0) is 13.7. The topological polar surface area (TPSA) is 51.2 Å². The van der Waals surface area contributed by atoms with Gasteiger partial charge in [0.2, 0.25) is 0 Å². The third kappa shape index (κ3) is 3.17. The molecular weight excluding hydrogens is 236 g/mol. The summed E-state index contributed by atoms with van der Waals surface area (Å²) in [7, 11) is 0. The van der Waals surface area contributed by atoms with Gasteiger partial charge in [-0.05, 0) is 18.6 Å². The van der Waals surface area contributed by atoms with Crippen LogP contribution in [0.1, 0.15) is 31.6 Å². The molecule has 0 aliphatic rings. The third-order valence-corrected chi connectivity index (χ3v) is 3.20. The second-order valence-electron chi connectivity index (χ2n) is 4.65. The van der Waals surface area contributed by atoms with Crippen LogP contribution in [0, 0.1) is 12.3 Å². The Hall–Kier alpha value is -1.76. The Bertz CT molecular complexity index is 534. The smallest absolute Gasteiger partial charge is 0.134 e. The molecule has 0 radical (unpaired) electrons. The standard InChI is InChI=1S/C16H20N2O/c1-3-7-13(4-2)18-14(11-17)16-10-12-8-5-6-9-15(12)19-16/h2,5-6,8-10,13-14,18H,3,7,11,17H2,1H3. The van der Waals surface area contributed by atoms with Gasteiger partial charge in [-0.3, -0.25) is 5.32 Å². The molecule has 0 fully saturated rings. The quantitative estimate of drug-likeness (QED) is 0.781. The van der Waals surface area contributed by atoms with Crippen molar-refractivity contribution in [2.24, 2.45) is 5.73 Å². The molecule has 1 aromatic carbocycles. The second kappa shape index (κ2) is 6.42. The van der Waals surface area contributed by atoms with Crippen LogP contribution >= 0.6 is 0 Å². The third-order valence-electron chi connectivity index (χ3n) is 3.20. The maximum Gasteiger partial charge on any atom is 0.134 e. The second-order valence-corrected chi connectivity index (χ2v) is 4.65. The fourth-order valence-electron chi connectivity index (χ4n) is 2.19. The summed E-state index contributed by atoms with van der Waals surface area (Å²) < 4.78 is 5.83. The number of hydrogen-bond acceptors (Lipinski definition) is 3. The van der Waals surface area contributed by atoms with Crippen molar-refractivity contribution in [3.05, 3.63) is 36.1 Å². The number of nitrogens with two attached hydrogens (primary N) is 1. The molecule has 0 saturated heterocycles. The van der Waals surface area contributed by atoms with E-state index in [9.17, 15) is 0 Å². The first-order valence-corrected chi connectivity index (χ1v) is 6.69. The van der Waals surface area contributed by atoms with Crippen LogP contribution in [0.4, 0.5) is 0 Å². The van der Waals surface area contributed by atoms with Crippen LogP contribution in [0.5, 0.6) is 0 Å². The molecule has 0 aliphatic carbocycles. The predicted molar refractivity (Wildman–Crippen MR) is 78.7 cm³/mol. The highest BCUT2D eigenvalue weighted by Gasteiger charge is 2.17. The molecule has 19 heavy (non-hydrogen) atoms. The Morgan fingerprint density at radius 1 is 1.42 bits per heavy atom. The predicted octanol–water partition coefficient (Wildman–Crippen LogP) is 2.82. The fraction of sp³-hybridized carbons (Fsp3) is 0.375. The van der Waals surface area contributed by atoms with Crippen LogP contribution in [0.25, 0.3) is 11.0 Å². The first-order valence-electron chi connectivity index (χ1n) is 6.69. The first-order chi connectivity index (χ1) is 9.28. The summed E-state index contributed by atoms with van der Waals surface area (Å²) in [4.78, 5) is 0. The van der Waals surface area contributed by atoms with Gasteiger partial charge in [0.15, 0.2) is 0 Å². The number of rotatable bonds is 6. The molecule has 3 N–H and O–H groups in total. The maximum absolute atomic E-state index is 5.83. The van der Waals surface area contributed by atoms with Crippen molar-refractivity contribution in [2.45, 2.75) is 31.8 Å². The van der Waals surface area contributed by atoms with Crippen molar-refractivity contribution >= 4 is 11.0 Å². The van der Waals surface area contributed by atoms with E-state index >= 15 is 0 Å². The molecule has 0 aliphatic heterocycles. The zero-order valence-corrected chi connectivity index (χ0v) is 11.2. The Labute approximate surface area is 114 Å². The van der Waals surface area contributed by atoms with Crippen LogP contribution in [-0.4, -0.2) is 12.6 Å². The number of nitrogens with one attached hydrogen (secondary N) is 1. The Kier molecular flexibility index (Phi) is 4.62. The van der Waals surface area contributed by atoms with Crippen LogP contribution in [0.3, 0.4) is 0 Å². The van der Waals surface area contributed by atoms with E-state index in [-0.39, 0.29) is 12.1 Å². The number of para-hydroxylation sites is 1. The molecule has 2 aromatic rings. The molecule has 3 nitrogen and oxygen atoms in total. The number of furan rings is 1. The summed E-state index contributed by atoms with van der Waals surface area (Å²) in [5.74, 6) is 3.61. The molecule has 0 amide bonds. The fourth-order valence-corrected chi connectivity index (χ4v) is 2.19. The lowest BCUT2D eigenvalue weighted by atomic mass is 10.1. The highest BCUT2D eigenvalue weighted by atomic mass is 16.3. The first kappa shape index (κ1) is 13.7. The molecule has 100 valence electrons. The monoisotopic (exact) mass is 256 g/mol. The van der Waals surface area contributed by atoms with Gasteiger partial charge in [0.1, 0.15) is 11.3 Å². The molecule has 2 rings (SSSR count). The van der Waals surface area contributed by atoms with Crippen molar-refractivity contribution in [1.29, 1.82) is 0 Å². The van der Waals surface area contributed by atoms with Gasteiger partial charge in [0, 0.05) is 11.9 Å². The SMILES string of the molecule is C#CC(CCC)NC(CN)c1cc2ccccc2o1. The average molecular weight is 256 g/mol. The Morgan fingerprint density at radius 2 is 2.21 bits per heavy atom. The lowest BCUT2D eigenvalue weighted by Gasteiger charge is -2.19. The van der Waals surface area contributed by atoms with Crippen molar-refractivity contribution < 1.29 is 4.42 Å². The minimum atomic E-state index is -0.0417. The van der Waals surface area contributed by atoms with Crippen LogP contribution < -0.4 is 11.1 Å². The lowest BCUT2D eigenvalue weighted by molar-refractivity contribution is 0.406. The number of benzene rings is 1. The van der Waals surface area contributed by atoms with Crippen molar-refractivity contribution in [2.75, 3.05) is 6.54 Å². The Balaban J connectivity index is 2.19. The molecule has 1 aromatic heterocycles. The normalized spacial score (nSPS) is 14.2. The minimum Gasteiger partial charge on any atom is -0.459 e. The van der Waals surface area contributed by atoms with Crippen LogP contribution in [-0.2, 0) is 0 Å². The molecule has 2 unspecified atom stereocenters. The van der Waals surface area contributed by atoms with Gasteiger partial charge in [0.25, 0.3) is 0 Å². The summed E-state index contributed by atoms with van der Waals surface area (Å²) in [6.07, 6.45) is 7.51. The van der Waals surface area contributed by atoms with Crippen molar-refractivity contribution in [3.8, 4) is 12.3 Å². The molecule has 3 heteroatoms. The minimum absolute atomic E-state index is 0.0340. The van der Waals surface area contributed by atoms with E-state index in [0.717, 1.165) is 29.6 Å². The van der Waals surface area contributed by atoms with Crippen LogP contribution in [0.15, 0.2) is 34.7 Å². The van der Waals surface area contributed by atoms with Crippen molar-refractivity contribution in [1.82, 2.24) is 5.32 Å². The lowest BCUT2D eigenvalue weighted by Crippen LogP contribution is -2.35. The van der Waals surface area contributed by atoms with Gasteiger partial charge >= 0.3 is 0 Å². The van der Waals surface area contributed by atoms with E-state index in [1.807, 2.05) is 30.3 Å². The molecule has 1 heterocycles. The number of hydrogen-bond donors (Lipinski definition) is 2. The zero-order valence-electron chi connectivity index (χ0n) is 11.2.